The minimum Gasteiger partial charge on any atom is -0.462 e. The summed E-state index contributed by atoms with van der Waals surface area (Å²) in [6, 6.07) is 0. The number of esters is 3. The van der Waals surface area contributed by atoms with Crippen molar-refractivity contribution in [2.24, 2.45) is 0 Å². The Balaban J connectivity index is 4.55. The van der Waals surface area contributed by atoms with Crippen LogP contribution in [-0.4, -0.2) is 37.2 Å². The Hall–Kier alpha value is -4.71. The molecule has 0 bridgehead atoms. The second kappa shape index (κ2) is 50.9. The minimum atomic E-state index is -0.816. The summed E-state index contributed by atoms with van der Waals surface area (Å²) < 4.78 is 16.7. The first kappa shape index (κ1) is 59.3. The minimum absolute atomic E-state index is 0.114. The molecule has 1 atom stereocenters. The van der Waals surface area contributed by atoms with Gasteiger partial charge in [0.25, 0.3) is 0 Å². The molecule has 0 fully saturated rings. The lowest BCUT2D eigenvalue weighted by atomic mass is 10.1. The van der Waals surface area contributed by atoms with Gasteiger partial charge in [0, 0.05) is 19.3 Å². The second-order valence-electron chi connectivity index (χ2n) is 15.9. The zero-order valence-corrected chi connectivity index (χ0v) is 40.5. The standard InChI is InChI=1S/C58H88O6/c1-4-7-10-13-16-19-22-25-27-28-29-31-33-36-39-42-45-48-51-57(60)63-54-55(53-62-56(59)50-47-44-41-38-35-32-24-21-18-15-12-9-6-3)64-58(61)52-49-46-43-40-37-34-30-26-23-20-17-14-11-8-5-2/h8-31,55H,4-7,32-54H2,1-3H3/b11-8+,12-9+,13-10+,17-14+,18-15+,19-16+,23-20+,24-21+,25-22+,28-27+,30-26+,31-29+. The number of ether oxygens (including phenoxy) is 3. The van der Waals surface area contributed by atoms with E-state index in [0.29, 0.717) is 12.8 Å². The van der Waals surface area contributed by atoms with Gasteiger partial charge in [-0.25, -0.2) is 0 Å². The van der Waals surface area contributed by atoms with E-state index < -0.39 is 6.10 Å². The maximum atomic E-state index is 12.8. The fourth-order valence-electron chi connectivity index (χ4n) is 6.13. The Morgan fingerprint density at radius 3 is 0.953 bits per heavy atom. The summed E-state index contributed by atoms with van der Waals surface area (Å²) in [7, 11) is 0. The third kappa shape index (κ3) is 48.3. The van der Waals surface area contributed by atoms with Crippen LogP contribution in [0.2, 0.25) is 0 Å². The molecule has 0 aromatic carbocycles. The molecule has 0 rings (SSSR count). The quantitative estimate of drug-likeness (QED) is 0.0263. The Morgan fingerprint density at radius 1 is 0.328 bits per heavy atom. The van der Waals surface area contributed by atoms with Crippen molar-refractivity contribution in [1.82, 2.24) is 0 Å². The lowest BCUT2D eigenvalue weighted by Gasteiger charge is -2.18. The normalized spacial score (nSPS) is 13.4. The van der Waals surface area contributed by atoms with Gasteiger partial charge in [0.2, 0.25) is 0 Å². The number of allylic oxidation sites excluding steroid dienone is 24. The average Bonchev–Trinajstić information content (AvgIpc) is 3.29. The van der Waals surface area contributed by atoms with Crippen molar-refractivity contribution in [1.29, 1.82) is 0 Å². The van der Waals surface area contributed by atoms with Crippen LogP contribution in [0.3, 0.4) is 0 Å². The fourth-order valence-corrected chi connectivity index (χ4v) is 6.13. The molecule has 6 nitrogen and oxygen atoms in total. The number of hydrogen-bond donors (Lipinski definition) is 0. The lowest BCUT2D eigenvalue weighted by Crippen LogP contribution is -2.30. The number of unbranched alkanes of at least 4 members (excludes halogenated alkanes) is 16. The van der Waals surface area contributed by atoms with Gasteiger partial charge >= 0.3 is 17.9 Å². The first-order chi connectivity index (χ1) is 31.5. The van der Waals surface area contributed by atoms with Gasteiger partial charge in [-0.15, -0.1) is 0 Å². The van der Waals surface area contributed by atoms with Crippen molar-refractivity contribution in [3.05, 3.63) is 146 Å². The molecule has 0 aliphatic heterocycles. The molecule has 0 aliphatic rings. The van der Waals surface area contributed by atoms with Crippen molar-refractivity contribution < 1.29 is 28.6 Å². The van der Waals surface area contributed by atoms with Crippen LogP contribution >= 0.6 is 0 Å². The van der Waals surface area contributed by atoms with E-state index >= 15 is 0 Å². The molecule has 0 aromatic heterocycles. The van der Waals surface area contributed by atoms with Gasteiger partial charge in [-0.05, 0) is 77.0 Å². The SMILES string of the molecule is CC/C=C/C=C/C=C/C=C/CCCCCCCC(=O)OC(COC(=O)CCCCCCC/C=C/C=C/C=C/C=C/C=C/CCC)COC(=O)CCCCCCC/C=C/C=C/C=C/CC. The summed E-state index contributed by atoms with van der Waals surface area (Å²) in [6.45, 7) is 6.19. The van der Waals surface area contributed by atoms with Crippen LogP contribution in [0.4, 0.5) is 0 Å². The molecular weight excluding hydrogens is 793 g/mol. The summed E-state index contributed by atoms with van der Waals surface area (Å²) in [4.78, 5) is 38.0. The Kier molecular flexibility index (Phi) is 47.2. The number of rotatable bonds is 42. The molecule has 6 heteroatoms. The molecule has 0 aliphatic carbocycles. The topological polar surface area (TPSA) is 78.9 Å². The summed E-state index contributed by atoms with van der Waals surface area (Å²) >= 11 is 0. The van der Waals surface area contributed by atoms with Crippen LogP contribution < -0.4 is 0 Å². The van der Waals surface area contributed by atoms with Crippen molar-refractivity contribution in [2.75, 3.05) is 13.2 Å². The van der Waals surface area contributed by atoms with Crippen LogP contribution in [-0.2, 0) is 28.6 Å². The Morgan fingerprint density at radius 2 is 0.609 bits per heavy atom. The lowest BCUT2D eigenvalue weighted by molar-refractivity contribution is -0.167. The van der Waals surface area contributed by atoms with Gasteiger partial charge in [-0.3, -0.25) is 14.4 Å². The molecule has 0 heterocycles. The van der Waals surface area contributed by atoms with Crippen LogP contribution in [0.25, 0.3) is 0 Å². The van der Waals surface area contributed by atoms with Crippen LogP contribution in [0, 0.1) is 0 Å². The largest absolute Gasteiger partial charge is 0.462 e. The predicted octanol–water partition coefficient (Wildman–Crippen LogP) is 16.5. The summed E-state index contributed by atoms with van der Waals surface area (Å²) in [5.74, 6) is -0.995. The van der Waals surface area contributed by atoms with Gasteiger partial charge in [0.05, 0.1) is 0 Å². The molecule has 0 amide bonds. The second-order valence-corrected chi connectivity index (χ2v) is 15.9. The molecule has 0 aromatic rings. The zero-order chi connectivity index (χ0) is 46.5. The van der Waals surface area contributed by atoms with Gasteiger partial charge < -0.3 is 14.2 Å². The molecule has 0 N–H and O–H groups in total. The molecular formula is C58H88O6. The average molecular weight is 881 g/mol. The molecule has 0 saturated heterocycles. The first-order valence-electron chi connectivity index (χ1n) is 25.0. The van der Waals surface area contributed by atoms with Gasteiger partial charge in [0.1, 0.15) is 13.2 Å². The third-order valence-electron chi connectivity index (χ3n) is 9.82. The first-order valence-corrected chi connectivity index (χ1v) is 25.0. The van der Waals surface area contributed by atoms with E-state index in [2.05, 4.69) is 99.8 Å². The van der Waals surface area contributed by atoms with Crippen LogP contribution in [0.15, 0.2) is 146 Å². The molecule has 0 spiro atoms. The maximum absolute atomic E-state index is 12.8. The highest BCUT2D eigenvalue weighted by molar-refractivity contribution is 5.71. The number of hydrogen-bond acceptors (Lipinski definition) is 6. The van der Waals surface area contributed by atoms with E-state index in [9.17, 15) is 14.4 Å². The van der Waals surface area contributed by atoms with E-state index in [1.807, 2.05) is 66.8 Å². The van der Waals surface area contributed by atoms with Gasteiger partial charge in [0.15, 0.2) is 6.10 Å². The van der Waals surface area contributed by atoms with E-state index in [0.717, 1.165) is 135 Å². The monoisotopic (exact) mass is 881 g/mol. The number of carbonyl (C=O) groups is 3. The highest BCUT2D eigenvalue weighted by Gasteiger charge is 2.19. The van der Waals surface area contributed by atoms with Crippen LogP contribution in [0.1, 0.15) is 181 Å². The predicted molar refractivity (Wildman–Crippen MR) is 274 cm³/mol. The summed E-state index contributed by atoms with van der Waals surface area (Å²) in [5.41, 5.74) is 0. The summed E-state index contributed by atoms with van der Waals surface area (Å²) in [6.07, 6.45) is 72.4. The molecule has 1 unspecified atom stereocenters. The molecule has 64 heavy (non-hydrogen) atoms. The third-order valence-corrected chi connectivity index (χ3v) is 9.82. The maximum Gasteiger partial charge on any atom is 0.306 e. The Labute approximate surface area is 391 Å². The number of carbonyl (C=O) groups excluding carboxylic acids is 3. The highest BCUT2D eigenvalue weighted by Crippen LogP contribution is 2.13. The van der Waals surface area contributed by atoms with Gasteiger partial charge in [-0.2, -0.15) is 0 Å². The summed E-state index contributed by atoms with van der Waals surface area (Å²) in [5, 5.41) is 0. The van der Waals surface area contributed by atoms with E-state index in [4.69, 9.17) is 14.2 Å². The van der Waals surface area contributed by atoms with Crippen molar-refractivity contribution in [3.8, 4) is 0 Å². The van der Waals surface area contributed by atoms with E-state index in [-0.39, 0.29) is 37.5 Å². The van der Waals surface area contributed by atoms with E-state index in [1.165, 1.54) is 6.42 Å². The Bertz CT molecular complexity index is 1480. The molecule has 0 saturated carbocycles. The van der Waals surface area contributed by atoms with Crippen LogP contribution in [0.5, 0.6) is 0 Å². The smallest absolute Gasteiger partial charge is 0.306 e. The highest BCUT2D eigenvalue weighted by atomic mass is 16.6. The fraction of sp³-hybridized carbons (Fsp3) is 0.534. The molecule has 356 valence electrons. The zero-order valence-electron chi connectivity index (χ0n) is 40.5. The van der Waals surface area contributed by atoms with Crippen molar-refractivity contribution in [2.45, 2.75) is 187 Å². The molecule has 0 radical (unpaired) electrons. The van der Waals surface area contributed by atoms with E-state index in [1.54, 1.807) is 0 Å². The van der Waals surface area contributed by atoms with Gasteiger partial charge in [-0.1, -0.05) is 231 Å². The van der Waals surface area contributed by atoms with Crippen molar-refractivity contribution in [3.63, 3.8) is 0 Å². The van der Waals surface area contributed by atoms with Crippen molar-refractivity contribution >= 4 is 17.9 Å².